The molecule has 1 aliphatic carbocycles. The normalized spacial score (nSPS) is 24.1. The number of carbonyl (C=O) groups is 1. The highest BCUT2D eigenvalue weighted by Gasteiger charge is 2.18. The van der Waals surface area contributed by atoms with E-state index in [1.54, 1.807) is 12.3 Å². The lowest BCUT2D eigenvalue weighted by atomic mass is 9.92. The van der Waals surface area contributed by atoms with Crippen LogP contribution >= 0.6 is 12.4 Å². The number of aromatic nitrogens is 1. The zero-order valence-corrected chi connectivity index (χ0v) is 10.6. The molecule has 0 saturated heterocycles. The van der Waals surface area contributed by atoms with E-state index in [0.717, 1.165) is 25.7 Å². The van der Waals surface area contributed by atoms with Gasteiger partial charge in [-0.3, -0.25) is 4.79 Å². The summed E-state index contributed by atoms with van der Waals surface area (Å²) in [5.74, 6) is 0.125. The minimum atomic E-state index is 0. The van der Waals surface area contributed by atoms with E-state index in [9.17, 15) is 4.79 Å². The summed E-state index contributed by atoms with van der Waals surface area (Å²) < 4.78 is 0. The Bertz CT molecular complexity index is 332. The molecule has 0 unspecified atom stereocenters. The number of aromatic amines is 1. The van der Waals surface area contributed by atoms with Gasteiger partial charge in [0.1, 0.15) is 0 Å². The second kappa shape index (κ2) is 6.79. The molecule has 1 fully saturated rings. The van der Waals surface area contributed by atoms with Crippen molar-refractivity contribution in [3.8, 4) is 0 Å². The summed E-state index contributed by atoms with van der Waals surface area (Å²) in [7, 11) is 0. The summed E-state index contributed by atoms with van der Waals surface area (Å²) in [6, 6.07) is 4.46. The van der Waals surface area contributed by atoms with Crippen molar-refractivity contribution in [2.75, 3.05) is 6.54 Å². The molecule has 4 nitrogen and oxygen atoms in total. The molecule has 0 spiro atoms. The summed E-state index contributed by atoms with van der Waals surface area (Å²) in [5, 5.41) is 3.31. The van der Waals surface area contributed by atoms with Crippen molar-refractivity contribution in [3.05, 3.63) is 24.0 Å². The Morgan fingerprint density at radius 3 is 2.71 bits per heavy atom. The Kier molecular flexibility index (Phi) is 5.68. The van der Waals surface area contributed by atoms with Gasteiger partial charge in [0.2, 0.25) is 0 Å². The van der Waals surface area contributed by atoms with Crippen LogP contribution in [-0.2, 0) is 0 Å². The van der Waals surface area contributed by atoms with Crippen LogP contribution in [0.15, 0.2) is 18.3 Å². The van der Waals surface area contributed by atoms with Crippen molar-refractivity contribution in [2.45, 2.75) is 37.8 Å². The highest BCUT2D eigenvalue weighted by molar-refractivity contribution is 5.95. The number of hydrogen-bond donors (Lipinski definition) is 3. The van der Waals surface area contributed by atoms with Crippen LogP contribution in [0.25, 0.3) is 0 Å². The van der Waals surface area contributed by atoms with Crippen LogP contribution in [0.5, 0.6) is 0 Å². The van der Waals surface area contributed by atoms with Gasteiger partial charge in [-0.05, 0) is 37.8 Å². The average molecular weight is 258 g/mol. The van der Waals surface area contributed by atoms with Crippen LogP contribution in [0, 0.1) is 0 Å². The van der Waals surface area contributed by atoms with E-state index in [1.165, 1.54) is 0 Å². The van der Waals surface area contributed by atoms with Crippen LogP contribution in [0.4, 0.5) is 0 Å². The number of rotatable bonds is 4. The topological polar surface area (TPSA) is 70.9 Å². The molecule has 96 valence electrons. The number of carbonyl (C=O) groups excluding carboxylic acids is 1. The van der Waals surface area contributed by atoms with Crippen LogP contribution in [0.2, 0.25) is 0 Å². The van der Waals surface area contributed by atoms with Gasteiger partial charge in [0, 0.05) is 18.3 Å². The first-order chi connectivity index (χ1) is 7.75. The molecule has 0 radical (unpaired) electrons. The number of nitrogens with one attached hydrogen (secondary N) is 2. The molecule has 5 heteroatoms. The molecule has 0 aromatic carbocycles. The molecule has 1 saturated carbocycles. The van der Waals surface area contributed by atoms with Gasteiger partial charge in [0.25, 0.3) is 0 Å². The van der Waals surface area contributed by atoms with Crippen LogP contribution < -0.4 is 11.1 Å². The molecular weight excluding hydrogens is 238 g/mol. The summed E-state index contributed by atoms with van der Waals surface area (Å²) in [4.78, 5) is 14.6. The Balaban J connectivity index is 0.00000144. The summed E-state index contributed by atoms with van der Waals surface area (Å²) in [6.45, 7) is 0.417. The number of Topliss-reactive ketones (excluding diaryl/α,β-unsaturated/α-hetero) is 1. The maximum Gasteiger partial charge on any atom is 0.192 e. The molecule has 1 aliphatic rings. The molecular formula is C12H20ClN3O. The molecule has 2 rings (SSSR count). The van der Waals surface area contributed by atoms with Gasteiger partial charge < -0.3 is 16.0 Å². The standard InChI is InChI=1S/C12H19N3O.ClH/c13-9-3-5-10(6-4-9)15-8-12(16)11-2-1-7-14-11;/h1-2,7,9-10,14-15H,3-6,8,13H2;1H. The van der Waals surface area contributed by atoms with Gasteiger partial charge in [-0.1, -0.05) is 0 Å². The number of ketones is 1. The third-order valence-electron chi connectivity index (χ3n) is 3.22. The van der Waals surface area contributed by atoms with Crippen molar-refractivity contribution < 1.29 is 4.79 Å². The van der Waals surface area contributed by atoms with E-state index in [2.05, 4.69) is 10.3 Å². The number of hydrogen-bond acceptors (Lipinski definition) is 3. The number of nitrogens with two attached hydrogens (primary N) is 1. The van der Waals surface area contributed by atoms with E-state index < -0.39 is 0 Å². The third kappa shape index (κ3) is 4.15. The van der Waals surface area contributed by atoms with Crippen LogP contribution in [0.3, 0.4) is 0 Å². The fourth-order valence-electron chi connectivity index (χ4n) is 2.16. The smallest absolute Gasteiger partial charge is 0.192 e. The zero-order valence-electron chi connectivity index (χ0n) is 9.82. The minimum absolute atomic E-state index is 0. The molecule has 0 aliphatic heterocycles. The minimum Gasteiger partial charge on any atom is -0.359 e. The van der Waals surface area contributed by atoms with Gasteiger partial charge >= 0.3 is 0 Å². The summed E-state index contributed by atoms with van der Waals surface area (Å²) in [6.07, 6.45) is 6.06. The quantitative estimate of drug-likeness (QED) is 0.716. The first-order valence-electron chi connectivity index (χ1n) is 5.91. The molecule has 0 bridgehead atoms. The number of H-pyrrole nitrogens is 1. The van der Waals surface area contributed by atoms with Crippen LogP contribution in [0.1, 0.15) is 36.2 Å². The zero-order chi connectivity index (χ0) is 11.4. The first kappa shape index (κ1) is 14.2. The molecule has 4 N–H and O–H groups in total. The van der Waals surface area contributed by atoms with Gasteiger partial charge in [0.05, 0.1) is 12.2 Å². The maximum absolute atomic E-state index is 11.7. The van der Waals surface area contributed by atoms with Crippen molar-refractivity contribution in [1.82, 2.24) is 10.3 Å². The van der Waals surface area contributed by atoms with E-state index >= 15 is 0 Å². The highest BCUT2D eigenvalue weighted by atomic mass is 35.5. The molecule has 1 aromatic rings. The maximum atomic E-state index is 11.7. The lowest BCUT2D eigenvalue weighted by Crippen LogP contribution is -2.39. The second-order valence-electron chi connectivity index (χ2n) is 4.50. The van der Waals surface area contributed by atoms with E-state index in [-0.39, 0.29) is 18.2 Å². The van der Waals surface area contributed by atoms with Gasteiger partial charge in [-0.2, -0.15) is 0 Å². The van der Waals surface area contributed by atoms with Gasteiger partial charge in [-0.25, -0.2) is 0 Å². The second-order valence-corrected chi connectivity index (χ2v) is 4.50. The fraction of sp³-hybridized carbons (Fsp3) is 0.583. The monoisotopic (exact) mass is 257 g/mol. The van der Waals surface area contributed by atoms with E-state index in [1.807, 2.05) is 6.07 Å². The van der Waals surface area contributed by atoms with Gasteiger partial charge in [-0.15, -0.1) is 12.4 Å². The molecule has 1 heterocycles. The third-order valence-corrected chi connectivity index (χ3v) is 3.22. The predicted octanol–water partition coefficient (Wildman–Crippen LogP) is 1.48. The lowest BCUT2D eigenvalue weighted by Gasteiger charge is -2.26. The number of halogens is 1. The Labute approximate surface area is 108 Å². The van der Waals surface area contributed by atoms with Gasteiger partial charge in [0.15, 0.2) is 5.78 Å². The molecule has 17 heavy (non-hydrogen) atoms. The molecule has 1 aromatic heterocycles. The SMILES string of the molecule is Cl.NC1CCC(NCC(=O)c2ccc[nH]2)CC1. The predicted molar refractivity (Wildman–Crippen MR) is 70.6 cm³/mol. The van der Waals surface area contributed by atoms with Crippen molar-refractivity contribution in [3.63, 3.8) is 0 Å². The van der Waals surface area contributed by atoms with E-state index in [4.69, 9.17) is 5.73 Å². The first-order valence-corrected chi connectivity index (χ1v) is 5.91. The Morgan fingerprint density at radius 2 is 2.12 bits per heavy atom. The van der Waals surface area contributed by atoms with Crippen molar-refractivity contribution in [1.29, 1.82) is 0 Å². The summed E-state index contributed by atoms with van der Waals surface area (Å²) in [5.41, 5.74) is 6.51. The summed E-state index contributed by atoms with van der Waals surface area (Å²) >= 11 is 0. The van der Waals surface area contributed by atoms with E-state index in [0.29, 0.717) is 24.3 Å². The molecule has 0 amide bonds. The molecule has 0 atom stereocenters. The van der Waals surface area contributed by atoms with Crippen molar-refractivity contribution in [2.24, 2.45) is 5.73 Å². The van der Waals surface area contributed by atoms with Crippen molar-refractivity contribution >= 4 is 18.2 Å². The average Bonchev–Trinajstić information content (AvgIpc) is 2.81. The fourth-order valence-corrected chi connectivity index (χ4v) is 2.16. The largest absolute Gasteiger partial charge is 0.359 e. The highest BCUT2D eigenvalue weighted by Crippen LogP contribution is 2.16. The lowest BCUT2D eigenvalue weighted by molar-refractivity contribution is 0.0980. The Morgan fingerprint density at radius 1 is 1.41 bits per heavy atom. The van der Waals surface area contributed by atoms with Crippen LogP contribution in [-0.4, -0.2) is 29.4 Å². The Hall–Kier alpha value is -0.840.